The third kappa shape index (κ3) is 3.84. The molecule has 0 bridgehead atoms. The molecule has 2 heterocycles. The normalized spacial score (nSPS) is 11.1. The van der Waals surface area contributed by atoms with Gasteiger partial charge < -0.3 is 4.98 Å². The van der Waals surface area contributed by atoms with E-state index in [4.69, 9.17) is 0 Å². The average Bonchev–Trinajstić information content (AvgIpc) is 2.78. The molecule has 0 radical (unpaired) electrons. The number of benzene rings is 3. The summed E-state index contributed by atoms with van der Waals surface area (Å²) in [4.78, 5) is 9.03. The van der Waals surface area contributed by atoms with Crippen molar-refractivity contribution in [3.8, 4) is 11.1 Å². The number of aryl methyl sites for hydroxylation is 1. The maximum absolute atomic E-state index is 4.60. The van der Waals surface area contributed by atoms with Crippen LogP contribution in [0.4, 0.5) is 0 Å². The van der Waals surface area contributed by atoms with Crippen molar-refractivity contribution in [2.45, 2.75) is 6.92 Å². The van der Waals surface area contributed by atoms with Crippen LogP contribution in [-0.2, 0) is 21.1 Å². The Morgan fingerprint density at radius 3 is 2.47 bits per heavy atom. The van der Waals surface area contributed by atoms with Crippen LogP contribution in [0, 0.1) is 19.1 Å². The van der Waals surface area contributed by atoms with E-state index in [0.29, 0.717) is 0 Å². The molecule has 0 saturated carbocycles. The first-order valence-electron chi connectivity index (χ1n) is 9.60. The standard InChI is InChI=1S/C27H18N2.Pt/c1-19-6-4-16-28-26(19)15-14-21-8-2-7-20-12-13-23(18-25(20)21)24-11-3-9-22-10-5-17-29-27(22)24;/h2-13,15-17H,1H3;/q-2;+2. The Hall–Kier alpha value is -3.09. The Bertz CT molecular complexity index is 1370. The molecule has 0 aliphatic carbocycles. The predicted molar refractivity (Wildman–Crippen MR) is 119 cm³/mol. The molecule has 30 heavy (non-hydrogen) atoms. The van der Waals surface area contributed by atoms with Gasteiger partial charge in [0.1, 0.15) is 0 Å². The number of fused-ring (bicyclic) bond motifs is 2. The van der Waals surface area contributed by atoms with Gasteiger partial charge >= 0.3 is 21.1 Å². The van der Waals surface area contributed by atoms with Crippen LogP contribution in [0.15, 0.2) is 85.2 Å². The molecule has 0 N–H and O–H groups in total. The minimum Gasteiger partial charge on any atom is -0.304 e. The number of aromatic nitrogens is 2. The van der Waals surface area contributed by atoms with Crippen molar-refractivity contribution in [1.82, 2.24) is 9.97 Å². The molecule has 0 aliphatic heterocycles. The number of para-hydroxylation sites is 1. The van der Waals surface area contributed by atoms with Crippen molar-refractivity contribution in [2.24, 2.45) is 0 Å². The molecule has 0 saturated heterocycles. The molecule has 0 spiro atoms. The van der Waals surface area contributed by atoms with Crippen LogP contribution in [0.25, 0.3) is 38.9 Å². The van der Waals surface area contributed by atoms with Crippen LogP contribution in [0.3, 0.4) is 0 Å². The second kappa shape index (κ2) is 8.73. The fourth-order valence-corrected chi connectivity index (χ4v) is 3.59. The maximum Gasteiger partial charge on any atom is 2.00 e. The molecule has 2 nitrogen and oxygen atoms in total. The van der Waals surface area contributed by atoms with Gasteiger partial charge in [-0.2, -0.15) is 23.6 Å². The van der Waals surface area contributed by atoms with Crippen molar-refractivity contribution in [2.75, 3.05) is 0 Å². The minimum absolute atomic E-state index is 0. The molecule has 3 heteroatoms. The molecule has 0 atom stereocenters. The second-order valence-corrected chi connectivity index (χ2v) is 7.02. The van der Waals surface area contributed by atoms with Gasteiger partial charge in [0.2, 0.25) is 0 Å². The largest absolute Gasteiger partial charge is 2.00 e. The van der Waals surface area contributed by atoms with Crippen LogP contribution in [0.2, 0.25) is 0 Å². The molecular weight excluding hydrogens is 547 g/mol. The summed E-state index contributed by atoms with van der Waals surface area (Å²) in [5.74, 6) is 0. The number of hydrogen-bond donors (Lipinski definition) is 0. The molecular formula is C27H18N2Pt. The second-order valence-electron chi connectivity index (χ2n) is 7.02. The van der Waals surface area contributed by atoms with Crippen LogP contribution in [0.1, 0.15) is 16.8 Å². The van der Waals surface area contributed by atoms with Gasteiger partial charge in [0, 0.05) is 17.9 Å². The number of pyridine rings is 2. The van der Waals surface area contributed by atoms with E-state index in [2.05, 4.69) is 89.7 Å². The van der Waals surface area contributed by atoms with Gasteiger partial charge in [0.05, 0.1) is 0 Å². The summed E-state index contributed by atoms with van der Waals surface area (Å²) in [7, 11) is 0. The average molecular weight is 566 g/mol. The maximum atomic E-state index is 4.60. The zero-order chi connectivity index (χ0) is 19.6. The van der Waals surface area contributed by atoms with E-state index in [0.717, 1.165) is 49.6 Å². The molecule has 5 aromatic rings. The zero-order valence-corrected chi connectivity index (χ0v) is 18.6. The van der Waals surface area contributed by atoms with E-state index < -0.39 is 0 Å². The van der Waals surface area contributed by atoms with Crippen LogP contribution in [0.5, 0.6) is 0 Å². The monoisotopic (exact) mass is 565 g/mol. The zero-order valence-electron chi connectivity index (χ0n) is 16.4. The number of nitrogens with zero attached hydrogens (tertiary/aromatic N) is 2. The fourth-order valence-electron chi connectivity index (χ4n) is 3.59. The predicted octanol–water partition coefficient (Wildman–Crippen LogP) is 6.42. The summed E-state index contributed by atoms with van der Waals surface area (Å²) in [6.45, 7) is 2.06. The van der Waals surface area contributed by atoms with Crippen molar-refractivity contribution in [3.05, 3.63) is 114 Å². The third-order valence-electron chi connectivity index (χ3n) is 5.12. The molecule has 146 valence electrons. The minimum atomic E-state index is 0. The van der Waals surface area contributed by atoms with Crippen molar-refractivity contribution in [3.63, 3.8) is 0 Å². The van der Waals surface area contributed by atoms with Gasteiger partial charge in [-0.05, 0) is 30.1 Å². The molecule has 2 aromatic heterocycles. The van der Waals surface area contributed by atoms with Gasteiger partial charge in [-0.1, -0.05) is 41.5 Å². The number of rotatable bonds is 3. The third-order valence-corrected chi connectivity index (χ3v) is 5.12. The van der Waals surface area contributed by atoms with Gasteiger partial charge in [-0.25, -0.2) is 5.56 Å². The Balaban J connectivity index is 0.00000218. The summed E-state index contributed by atoms with van der Waals surface area (Å²) >= 11 is 0. The molecule has 0 fully saturated rings. The summed E-state index contributed by atoms with van der Waals surface area (Å²) in [6, 6.07) is 28.4. The summed E-state index contributed by atoms with van der Waals surface area (Å²) in [5, 5.41) is 3.31. The van der Waals surface area contributed by atoms with Crippen LogP contribution >= 0.6 is 0 Å². The van der Waals surface area contributed by atoms with Crippen LogP contribution in [-0.4, -0.2) is 9.97 Å². The smallest absolute Gasteiger partial charge is 0.304 e. The molecule has 5 rings (SSSR count). The van der Waals surface area contributed by atoms with Gasteiger partial charge in [-0.15, -0.1) is 41.3 Å². The molecule has 0 unspecified atom stereocenters. The van der Waals surface area contributed by atoms with E-state index >= 15 is 0 Å². The van der Waals surface area contributed by atoms with Crippen molar-refractivity contribution < 1.29 is 21.1 Å². The van der Waals surface area contributed by atoms with Gasteiger partial charge in [0.25, 0.3) is 0 Å². The van der Waals surface area contributed by atoms with E-state index in [1.165, 1.54) is 0 Å². The molecule has 0 aliphatic rings. The summed E-state index contributed by atoms with van der Waals surface area (Å²) < 4.78 is 0. The Morgan fingerprint density at radius 2 is 1.57 bits per heavy atom. The van der Waals surface area contributed by atoms with E-state index in [-0.39, 0.29) is 21.1 Å². The van der Waals surface area contributed by atoms with E-state index in [1.54, 1.807) is 6.20 Å². The fraction of sp³-hybridized carbons (Fsp3) is 0.0370. The van der Waals surface area contributed by atoms with Gasteiger partial charge in [-0.3, -0.25) is 4.98 Å². The first kappa shape index (κ1) is 20.2. The van der Waals surface area contributed by atoms with Gasteiger partial charge in [0.15, 0.2) is 0 Å². The van der Waals surface area contributed by atoms with Crippen LogP contribution < -0.4 is 0 Å². The Kier molecular flexibility index (Phi) is 5.88. The van der Waals surface area contributed by atoms with Crippen molar-refractivity contribution >= 4 is 27.8 Å². The molecule has 0 amide bonds. The topological polar surface area (TPSA) is 25.8 Å². The quantitative estimate of drug-likeness (QED) is 0.236. The number of hydrogen-bond acceptors (Lipinski definition) is 2. The molecule has 3 aromatic carbocycles. The van der Waals surface area contributed by atoms with E-state index in [1.807, 2.05) is 24.4 Å². The Morgan fingerprint density at radius 1 is 0.800 bits per heavy atom. The Labute approximate surface area is 190 Å². The first-order chi connectivity index (χ1) is 14.3. The SMILES string of the molecule is Cc1cccnc1C=[C-]c1cccc2ccc(-c3cccc4cccnc34)[c-]c12.[Pt+2]. The summed E-state index contributed by atoms with van der Waals surface area (Å²) in [5.41, 5.74) is 6.18. The summed E-state index contributed by atoms with van der Waals surface area (Å²) in [6.07, 6.45) is 9.02. The van der Waals surface area contributed by atoms with E-state index in [9.17, 15) is 0 Å². The van der Waals surface area contributed by atoms with Crippen molar-refractivity contribution in [1.29, 1.82) is 0 Å². The first-order valence-corrected chi connectivity index (χ1v) is 9.60.